The zero-order valence-electron chi connectivity index (χ0n) is 19.1. The average molecular weight is 435 g/mol. The van der Waals surface area contributed by atoms with Gasteiger partial charge in [-0.25, -0.2) is 9.97 Å². The summed E-state index contributed by atoms with van der Waals surface area (Å²) in [5, 5.41) is 4.88. The van der Waals surface area contributed by atoms with Gasteiger partial charge in [-0.15, -0.1) is 0 Å². The van der Waals surface area contributed by atoms with Crippen LogP contribution in [0.25, 0.3) is 33.3 Å². The lowest BCUT2D eigenvalue weighted by molar-refractivity contribution is 0.234. The van der Waals surface area contributed by atoms with Crippen molar-refractivity contribution >= 4 is 22.1 Å². The number of rotatable bonds is 6. The molecule has 5 rings (SSSR count). The van der Waals surface area contributed by atoms with Crippen molar-refractivity contribution in [2.24, 2.45) is 0 Å². The molecule has 1 aliphatic heterocycles. The van der Waals surface area contributed by atoms with Gasteiger partial charge in [-0.1, -0.05) is 0 Å². The summed E-state index contributed by atoms with van der Waals surface area (Å²) < 4.78 is 11.0. The zero-order valence-corrected chi connectivity index (χ0v) is 19.1. The summed E-state index contributed by atoms with van der Waals surface area (Å²) in [4.78, 5) is 18.5. The first-order valence-electron chi connectivity index (χ1n) is 11.1. The van der Waals surface area contributed by atoms with E-state index in [9.17, 15) is 0 Å². The third kappa shape index (κ3) is 3.59. The quantitative estimate of drug-likeness (QED) is 0.429. The topological polar surface area (TPSA) is 91.1 Å². The van der Waals surface area contributed by atoms with E-state index in [-0.39, 0.29) is 0 Å². The molecule has 0 aliphatic carbocycles. The highest BCUT2D eigenvalue weighted by Gasteiger charge is 2.20. The molecule has 1 aliphatic rings. The number of hydrogen-bond donors (Lipinski definition) is 3. The van der Waals surface area contributed by atoms with Gasteiger partial charge in [0.05, 0.1) is 25.4 Å². The molecule has 0 spiro atoms. The van der Waals surface area contributed by atoms with Crippen LogP contribution in [0.4, 0.5) is 0 Å². The number of aryl methyl sites for hydroxylation is 1. The van der Waals surface area contributed by atoms with Crippen molar-refractivity contribution in [2.45, 2.75) is 32.4 Å². The summed E-state index contributed by atoms with van der Waals surface area (Å²) in [6.45, 7) is 5.14. The van der Waals surface area contributed by atoms with Crippen molar-refractivity contribution in [2.75, 3.05) is 34.4 Å². The molecular formula is C24H30N6O2. The molecule has 8 heteroatoms. The van der Waals surface area contributed by atoms with Gasteiger partial charge in [-0.2, -0.15) is 0 Å². The fraction of sp³-hybridized carbons (Fsp3) is 0.417. The van der Waals surface area contributed by atoms with Gasteiger partial charge in [0, 0.05) is 41.5 Å². The van der Waals surface area contributed by atoms with E-state index in [1.54, 1.807) is 14.2 Å². The Bertz CT molecular complexity index is 1250. The lowest BCUT2D eigenvalue weighted by atomic mass is 10.0. The fourth-order valence-corrected chi connectivity index (χ4v) is 4.68. The van der Waals surface area contributed by atoms with Gasteiger partial charge in [-0.05, 0) is 57.6 Å². The number of ether oxygens (including phenoxy) is 2. The maximum Gasteiger partial charge on any atom is 0.257 e. The van der Waals surface area contributed by atoms with Crippen LogP contribution in [-0.2, 0) is 6.54 Å². The summed E-state index contributed by atoms with van der Waals surface area (Å²) in [5.41, 5.74) is 6.85. The molecule has 0 saturated carbocycles. The Labute approximate surface area is 187 Å². The number of pyridine rings is 2. The largest absolute Gasteiger partial charge is 0.491 e. The minimum absolute atomic E-state index is 0.482. The van der Waals surface area contributed by atoms with Crippen LogP contribution < -0.4 is 14.8 Å². The van der Waals surface area contributed by atoms with Gasteiger partial charge < -0.3 is 29.7 Å². The first kappa shape index (κ1) is 20.8. The minimum atomic E-state index is 0.482. The Kier molecular flexibility index (Phi) is 5.48. The van der Waals surface area contributed by atoms with Gasteiger partial charge in [0.15, 0.2) is 5.75 Å². The van der Waals surface area contributed by atoms with E-state index >= 15 is 0 Å². The monoisotopic (exact) mass is 434 g/mol. The van der Waals surface area contributed by atoms with Crippen molar-refractivity contribution in [3.63, 3.8) is 0 Å². The lowest BCUT2D eigenvalue weighted by Crippen LogP contribution is -2.40. The molecule has 168 valence electrons. The predicted octanol–water partition coefficient (Wildman–Crippen LogP) is 3.62. The molecule has 0 unspecified atom stereocenters. The van der Waals surface area contributed by atoms with Crippen LogP contribution in [0.1, 0.15) is 24.0 Å². The number of likely N-dealkylation sites (tertiary alicyclic amines) is 1. The highest BCUT2D eigenvalue weighted by molar-refractivity contribution is 5.97. The Morgan fingerprint density at radius 2 is 2.03 bits per heavy atom. The number of nitrogens with one attached hydrogen (secondary N) is 3. The average Bonchev–Trinajstić information content (AvgIpc) is 3.43. The minimum Gasteiger partial charge on any atom is -0.491 e. The van der Waals surface area contributed by atoms with E-state index in [0.717, 1.165) is 58.5 Å². The van der Waals surface area contributed by atoms with Gasteiger partial charge in [0.2, 0.25) is 0 Å². The van der Waals surface area contributed by atoms with Crippen molar-refractivity contribution in [3.8, 4) is 22.9 Å². The molecule has 1 fully saturated rings. The summed E-state index contributed by atoms with van der Waals surface area (Å²) in [5.74, 6) is 1.13. The van der Waals surface area contributed by atoms with E-state index in [2.05, 4.69) is 44.3 Å². The van der Waals surface area contributed by atoms with Crippen LogP contribution >= 0.6 is 0 Å². The maximum absolute atomic E-state index is 5.50. The van der Waals surface area contributed by atoms with Crippen LogP contribution in [0.15, 0.2) is 24.5 Å². The Morgan fingerprint density at radius 1 is 1.22 bits per heavy atom. The van der Waals surface area contributed by atoms with Gasteiger partial charge >= 0.3 is 0 Å². The first-order valence-corrected chi connectivity index (χ1v) is 11.1. The smallest absolute Gasteiger partial charge is 0.257 e. The number of methoxy groups -OCH3 is 2. The molecule has 4 aromatic rings. The number of fused-ring (bicyclic) bond motifs is 2. The van der Waals surface area contributed by atoms with Crippen LogP contribution in [0, 0.1) is 6.92 Å². The highest BCUT2D eigenvalue weighted by atomic mass is 16.5. The van der Waals surface area contributed by atoms with E-state index in [1.165, 1.54) is 18.4 Å². The van der Waals surface area contributed by atoms with Crippen molar-refractivity contribution < 1.29 is 9.47 Å². The Balaban J connectivity index is 1.48. The second-order valence-corrected chi connectivity index (χ2v) is 8.58. The van der Waals surface area contributed by atoms with E-state index in [1.807, 2.05) is 19.3 Å². The van der Waals surface area contributed by atoms with Gasteiger partial charge in [0.1, 0.15) is 11.2 Å². The third-order valence-corrected chi connectivity index (χ3v) is 6.59. The Morgan fingerprint density at radius 3 is 2.78 bits per heavy atom. The van der Waals surface area contributed by atoms with Gasteiger partial charge in [-0.3, -0.25) is 0 Å². The Hall–Kier alpha value is -3.10. The van der Waals surface area contributed by atoms with Gasteiger partial charge in [0.25, 0.3) is 5.88 Å². The molecular weight excluding hydrogens is 404 g/mol. The van der Waals surface area contributed by atoms with Crippen LogP contribution in [0.5, 0.6) is 11.6 Å². The molecule has 0 atom stereocenters. The summed E-state index contributed by atoms with van der Waals surface area (Å²) >= 11 is 0. The lowest BCUT2D eigenvalue weighted by Gasteiger charge is -2.29. The van der Waals surface area contributed by atoms with E-state index < -0.39 is 0 Å². The standard InChI is InChI=1S/C24H30N6O2/c1-14-20-21(29-24(32-4)22(14)31-3)18(13-27-20)19-11-17-15(5-8-25-23(17)28-19)12-26-16-6-9-30(2)10-7-16/h5,8,11,13,16,26-27H,6-7,9-10,12H2,1-4H3,(H,25,28). The zero-order chi connectivity index (χ0) is 22.2. The van der Waals surface area contributed by atoms with Crippen molar-refractivity contribution in [1.82, 2.24) is 30.2 Å². The third-order valence-electron chi connectivity index (χ3n) is 6.59. The van der Waals surface area contributed by atoms with Crippen molar-refractivity contribution in [3.05, 3.63) is 35.7 Å². The molecule has 5 heterocycles. The summed E-state index contributed by atoms with van der Waals surface area (Å²) in [6, 6.07) is 4.84. The molecule has 0 aromatic carbocycles. The normalized spacial score (nSPS) is 15.6. The first-order chi connectivity index (χ1) is 15.6. The second-order valence-electron chi connectivity index (χ2n) is 8.58. The molecule has 0 radical (unpaired) electrons. The number of hydrogen-bond acceptors (Lipinski definition) is 6. The van der Waals surface area contributed by atoms with Crippen LogP contribution in [-0.4, -0.2) is 65.2 Å². The number of aromatic nitrogens is 4. The van der Waals surface area contributed by atoms with E-state index in [0.29, 0.717) is 17.7 Å². The number of nitrogens with zero attached hydrogens (tertiary/aromatic N) is 3. The molecule has 4 aromatic heterocycles. The molecule has 0 bridgehead atoms. The fourth-order valence-electron chi connectivity index (χ4n) is 4.68. The SMILES string of the molecule is COc1nc2c(-c3cc4c(CNC5CCN(C)CC5)ccnc4[nH]3)c[nH]c2c(C)c1OC. The van der Waals surface area contributed by atoms with E-state index in [4.69, 9.17) is 14.5 Å². The molecule has 0 amide bonds. The molecule has 8 nitrogen and oxygen atoms in total. The summed E-state index contributed by atoms with van der Waals surface area (Å²) in [6.07, 6.45) is 6.23. The number of H-pyrrole nitrogens is 2. The number of aromatic amines is 2. The van der Waals surface area contributed by atoms with Crippen LogP contribution in [0.2, 0.25) is 0 Å². The van der Waals surface area contributed by atoms with Crippen molar-refractivity contribution in [1.29, 1.82) is 0 Å². The molecule has 32 heavy (non-hydrogen) atoms. The maximum atomic E-state index is 5.50. The summed E-state index contributed by atoms with van der Waals surface area (Å²) in [7, 11) is 5.43. The predicted molar refractivity (Wildman–Crippen MR) is 126 cm³/mol. The molecule has 3 N–H and O–H groups in total. The highest BCUT2D eigenvalue weighted by Crippen LogP contribution is 2.38. The second kappa shape index (κ2) is 8.44. The molecule has 1 saturated heterocycles. The number of piperidine rings is 1. The van der Waals surface area contributed by atoms with Crippen LogP contribution in [0.3, 0.4) is 0 Å².